The lowest BCUT2D eigenvalue weighted by Crippen LogP contribution is -2.18. The summed E-state index contributed by atoms with van der Waals surface area (Å²) in [6, 6.07) is 10.0. The van der Waals surface area contributed by atoms with Gasteiger partial charge in [-0.05, 0) is 43.5 Å². The van der Waals surface area contributed by atoms with Gasteiger partial charge in [-0.15, -0.1) is 0 Å². The van der Waals surface area contributed by atoms with Crippen molar-refractivity contribution in [2.75, 3.05) is 23.3 Å². The summed E-state index contributed by atoms with van der Waals surface area (Å²) in [5.74, 6) is 2.56. The van der Waals surface area contributed by atoms with Crippen molar-refractivity contribution >= 4 is 11.6 Å². The van der Waals surface area contributed by atoms with Gasteiger partial charge >= 0.3 is 0 Å². The number of nitrogens with zero attached hydrogens (tertiary/aromatic N) is 5. The van der Waals surface area contributed by atoms with E-state index in [4.69, 9.17) is 0 Å². The van der Waals surface area contributed by atoms with Gasteiger partial charge in [-0.3, -0.25) is 4.98 Å². The Morgan fingerprint density at radius 2 is 1.96 bits per heavy atom. The molecule has 0 saturated carbocycles. The minimum Gasteiger partial charge on any atom is -0.366 e. The maximum Gasteiger partial charge on any atom is 0.163 e. The highest BCUT2D eigenvalue weighted by Gasteiger charge is 2.13. The number of pyridine rings is 2. The zero-order chi connectivity index (χ0) is 17.8. The van der Waals surface area contributed by atoms with Gasteiger partial charge in [0.1, 0.15) is 11.6 Å². The van der Waals surface area contributed by atoms with Gasteiger partial charge in [-0.1, -0.05) is 6.07 Å². The van der Waals surface area contributed by atoms with Crippen LogP contribution in [-0.4, -0.2) is 33.0 Å². The molecule has 0 aromatic carbocycles. The van der Waals surface area contributed by atoms with Crippen molar-refractivity contribution in [2.24, 2.45) is 0 Å². The highest BCUT2D eigenvalue weighted by atomic mass is 15.2. The average molecular weight is 346 g/mol. The lowest BCUT2D eigenvalue weighted by Gasteiger charge is -2.16. The number of hydrogen-bond acceptors (Lipinski definition) is 6. The molecular formula is C20H22N6. The third-order valence-corrected chi connectivity index (χ3v) is 4.49. The molecule has 6 heteroatoms. The number of aryl methyl sites for hydroxylation is 1. The van der Waals surface area contributed by atoms with Crippen molar-refractivity contribution in [1.29, 1.82) is 0 Å². The Hall–Kier alpha value is -3.02. The van der Waals surface area contributed by atoms with Gasteiger partial charge in [0.2, 0.25) is 0 Å². The highest BCUT2D eigenvalue weighted by molar-refractivity contribution is 5.56. The second kappa shape index (κ2) is 7.47. The molecule has 6 nitrogen and oxygen atoms in total. The van der Waals surface area contributed by atoms with Gasteiger partial charge in [-0.2, -0.15) is 0 Å². The second-order valence-corrected chi connectivity index (χ2v) is 6.53. The van der Waals surface area contributed by atoms with Crippen LogP contribution in [0.5, 0.6) is 0 Å². The van der Waals surface area contributed by atoms with E-state index in [2.05, 4.69) is 42.3 Å². The molecule has 26 heavy (non-hydrogen) atoms. The molecule has 3 aromatic heterocycles. The largest absolute Gasteiger partial charge is 0.366 e. The van der Waals surface area contributed by atoms with Gasteiger partial charge in [0.15, 0.2) is 5.82 Å². The number of anilines is 2. The summed E-state index contributed by atoms with van der Waals surface area (Å²) < 4.78 is 0. The lowest BCUT2D eigenvalue weighted by molar-refractivity contribution is 0.931. The average Bonchev–Trinajstić information content (AvgIpc) is 3.22. The molecule has 1 aliphatic rings. The predicted octanol–water partition coefficient (Wildman–Crippen LogP) is 3.45. The molecule has 3 aromatic rings. The molecule has 0 spiro atoms. The van der Waals surface area contributed by atoms with Crippen LogP contribution in [0.2, 0.25) is 0 Å². The standard InChI is InChI=1S/C20H22N6/c1-15-11-18(25-20(24-15)17-5-4-8-21-14-17)22-12-16-6-7-19(23-13-16)26-9-2-3-10-26/h4-8,11,13-14H,2-3,9-10,12H2,1H3,(H,22,24,25). The number of nitrogens with one attached hydrogen (secondary N) is 1. The Labute approximate surface area is 153 Å². The smallest absolute Gasteiger partial charge is 0.163 e. The first kappa shape index (κ1) is 16.4. The van der Waals surface area contributed by atoms with E-state index < -0.39 is 0 Å². The lowest BCUT2D eigenvalue weighted by atomic mass is 10.2. The third-order valence-electron chi connectivity index (χ3n) is 4.49. The number of rotatable bonds is 5. The van der Waals surface area contributed by atoms with Gasteiger partial charge in [0.05, 0.1) is 0 Å². The fourth-order valence-corrected chi connectivity index (χ4v) is 3.13. The molecule has 0 bridgehead atoms. The Balaban J connectivity index is 1.45. The van der Waals surface area contributed by atoms with Crippen LogP contribution in [0.3, 0.4) is 0 Å². The van der Waals surface area contributed by atoms with Crippen molar-refractivity contribution in [3.05, 3.63) is 60.2 Å². The first-order chi connectivity index (χ1) is 12.8. The van der Waals surface area contributed by atoms with Crippen LogP contribution in [0, 0.1) is 6.92 Å². The van der Waals surface area contributed by atoms with Gasteiger partial charge in [-0.25, -0.2) is 15.0 Å². The summed E-state index contributed by atoms with van der Waals surface area (Å²) in [7, 11) is 0. The molecule has 1 saturated heterocycles. The van der Waals surface area contributed by atoms with E-state index in [0.717, 1.165) is 41.5 Å². The van der Waals surface area contributed by atoms with Gasteiger partial charge in [0.25, 0.3) is 0 Å². The van der Waals surface area contributed by atoms with Crippen LogP contribution >= 0.6 is 0 Å². The van der Waals surface area contributed by atoms with E-state index in [9.17, 15) is 0 Å². The maximum atomic E-state index is 4.61. The number of aromatic nitrogens is 4. The van der Waals surface area contributed by atoms with Crippen molar-refractivity contribution in [2.45, 2.75) is 26.3 Å². The van der Waals surface area contributed by atoms with Crippen LogP contribution in [0.1, 0.15) is 24.1 Å². The minimum absolute atomic E-state index is 0.677. The van der Waals surface area contributed by atoms with Crippen LogP contribution in [0.25, 0.3) is 11.4 Å². The van der Waals surface area contributed by atoms with E-state index >= 15 is 0 Å². The van der Waals surface area contributed by atoms with E-state index in [-0.39, 0.29) is 0 Å². The minimum atomic E-state index is 0.677. The quantitative estimate of drug-likeness (QED) is 0.763. The molecule has 132 valence electrons. The Morgan fingerprint density at radius 1 is 1.08 bits per heavy atom. The maximum absolute atomic E-state index is 4.61. The monoisotopic (exact) mass is 346 g/mol. The molecule has 4 heterocycles. The molecule has 0 atom stereocenters. The SMILES string of the molecule is Cc1cc(NCc2ccc(N3CCCC3)nc2)nc(-c2cccnc2)n1. The molecule has 0 aliphatic carbocycles. The summed E-state index contributed by atoms with van der Waals surface area (Å²) in [5.41, 5.74) is 2.96. The zero-order valence-corrected chi connectivity index (χ0v) is 14.9. The molecular weight excluding hydrogens is 324 g/mol. The van der Waals surface area contributed by atoms with Crippen molar-refractivity contribution < 1.29 is 0 Å². The molecule has 1 N–H and O–H groups in total. The van der Waals surface area contributed by atoms with Crippen molar-refractivity contribution in [3.8, 4) is 11.4 Å². The summed E-state index contributed by atoms with van der Waals surface area (Å²) >= 11 is 0. The molecule has 1 aliphatic heterocycles. The fourth-order valence-electron chi connectivity index (χ4n) is 3.13. The normalized spacial score (nSPS) is 13.8. The van der Waals surface area contributed by atoms with Crippen molar-refractivity contribution in [3.63, 3.8) is 0 Å². The van der Waals surface area contributed by atoms with Gasteiger partial charge < -0.3 is 10.2 Å². The van der Waals surface area contributed by atoms with E-state index in [1.807, 2.05) is 31.3 Å². The van der Waals surface area contributed by atoms with Crippen LogP contribution in [0.4, 0.5) is 11.6 Å². The molecule has 4 rings (SSSR count). The first-order valence-corrected chi connectivity index (χ1v) is 8.98. The van der Waals surface area contributed by atoms with Crippen LogP contribution in [0.15, 0.2) is 48.9 Å². The second-order valence-electron chi connectivity index (χ2n) is 6.53. The summed E-state index contributed by atoms with van der Waals surface area (Å²) in [6.45, 7) is 4.87. The fraction of sp³-hybridized carbons (Fsp3) is 0.300. The Morgan fingerprint density at radius 3 is 2.69 bits per heavy atom. The molecule has 0 amide bonds. The Kier molecular flexibility index (Phi) is 4.73. The summed E-state index contributed by atoms with van der Waals surface area (Å²) in [6.07, 6.45) is 7.99. The highest BCUT2D eigenvalue weighted by Crippen LogP contribution is 2.19. The number of hydrogen-bond donors (Lipinski definition) is 1. The van der Waals surface area contributed by atoms with Crippen LogP contribution in [-0.2, 0) is 6.54 Å². The topological polar surface area (TPSA) is 66.8 Å². The summed E-state index contributed by atoms with van der Waals surface area (Å²) in [4.78, 5) is 20.2. The van der Waals surface area contributed by atoms with Gasteiger partial charge in [0, 0.05) is 55.5 Å². The van der Waals surface area contributed by atoms with E-state index in [1.54, 1.807) is 12.4 Å². The molecule has 0 unspecified atom stereocenters. The van der Waals surface area contributed by atoms with E-state index in [1.165, 1.54) is 12.8 Å². The first-order valence-electron chi connectivity index (χ1n) is 8.98. The van der Waals surface area contributed by atoms with E-state index in [0.29, 0.717) is 12.4 Å². The predicted molar refractivity (Wildman–Crippen MR) is 103 cm³/mol. The van der Waals surface area contributed by atoms with Crippen molar-refractivity contribution in [1.82, 2.24) is 19.9 Å². The molecule has 0 radical (unpaired) electrons. The third kappa shape index (κ3) is 3.79. The Bertz CT molecular complexity index is 857. The van der Waals surface area contributed by atoms with Crippen LogP contribution < -0.4 is 10.2 Å². The zero-order valence-electron chi connectivity index (χ0n) is 14.9. The molecule has 1 fully saturated rings. The summed E-state index contributed by atoms with van der Waals surface area (Å²) in [5, 5.41) is 3.38.